The third kappa shape index (κ3) is 4.27. The molecular weight excluding hydrogens is 214 g/mol. The standard InChI is InChI=1S/C14H23NO2/c1-5-11(2)10-17-13-7-6-12(9-15-3)8-14(13)16-4/h6-8,11,15H,5,9-10H2,1-4H3. The lowest BCUT2D eigenvalue weighted by Crippen LogP contribution is -2.09. The van der Waals surface area contributed by atoms with E-state index in [1.165, 1.54) is 5.56 Å². The molecule has 1 N–H and O–H groups in total. The molecule has 17 heavy (non-hydrogen) atoms. The predicted octanol–water partition coefficient (Wildman–Crippen LogP) is 2.84. The van der Waals surface area contributed by atoms with E-state index in [0.717, 1.165) is 31.1 Å². The Hall–Kier alpha value is -1.22. The molecule has 1 aromatic carbocycles. The van der Waals surface area contributed by atoms with Crippen molar-refractivity contribution in [3.05, 3.63) is 23.8 Å². The van der Waals surface area contributed by atoms with Crippen molar-refractivity contribution in [2.75, 3.05) is 20.8 Å². The van der Waals surface area contributed by atoms with Crippen LogP contribution in [0.25, 0.3) is 0 Å². The summed E-state index contributed by atoms with van der Waals surface area (Å²) in [6, 6.07) is 6.06. The number of ether oxygens (including phenoxy) is 2. The minimum absolute atomic E-state index is 0.566. The lowest BCUT2D eigenvalue weighted by Gasteiger charge is -2.14. The molecule has 0 saturated carbocycles. The Bertz CT molecular complexity index is 339. The van der Waals surface area contributed by atoms with Crippen LogP contribution in [0.2, 0.25) is 0 Å². The van der Waals surface area contributed by atoms with Gasteiger partial charge in [-0.2, -0.15) is 0 Å². The quantitative estimate of drug-likeness (QED) is 0.791. The highest BCUT2D eigenvalue weighted by atomic mass is 16.5. The number of benzene rings is 1. The van der Waals surface area contributed by atoms with Gasteiger partial charge in [0.2, 0.25) is 0 Å². The molecule has 3 heteroatoms. The third-order valence-corrected chi connectivity index (χ3v) is 2.83. The Labute approximate surface area is 104 Å². The van der Waals surface area contributed by atoms with E-state index in [1.54, 1.807) is 7.11 Å². The Morgan fingerprint density at radius 1 is 1.29 bits per heavy atom. The van der Waals surface area contributed by atoms with Gasteiger partial charge in [0.1, 0.15) is 0 Å². The lowest BCUT2D eigenvalue weighted by atomic mass is 10.1. The van der Waals surface area contributed by atoms with Crippen LogP contribution in [0.15, 0.2) is 18.2 Å². The van der Waals surface area contributed by atoms with Gasteiger partial charge >= 0.3 is 0 Å². The molecule has 0 bridgehead atoms. The molecule has 0 radical (unpaired) electrons. The predicted molar refractivity (Wildman–Crippen MR) is 70.7 cm³/mol. The highest BCUT2D eigenvalue weighted by Gasteiger charge is 2.07. The molecule has 0 saturated heterocycles. The summed E-state index contributed by atoms with van der Waals surface area (Å²) >= 11 is 0. The largest absolute Gasteiger partial charge is 0.493 e. The van der Waals surface area contributed by atoms with Gasteiger partial charge in [0.05, 0.1) is 13.7 Å². The monoisotopic (exact) mass is 237 g/mol. The summed E-state index contributed by atoms with van der Waals surface area (Å²) in [6.07, 6.45) is 1.13. The smallest absolute Gasteiger partial charge is 0.161 e. The van der Waals surface area contributed by atoms with E-state index in [4.69, 9.17) is 9.47 Å². The van der Waals surface area contributed by atoms with Crippen LogP contribution in [-0.4, -0.2) is 20.8 Å². The number of rotatable bonds is 7. The maximum atomic E-state index is 5.77. The van der Waals surface area contributed by atoms with Crippen LogP contribution < -0.4 is 14.8 Å². The van der Waals surface area contributed by atoms with Crippen molar-refractivity contribution in [1.82, 2.24) is 5.32 Å². The second kappa shape index (κ2) is 7.17. The lowest BCUT2D eigenvalue weighted by molar-refractivity contribution is 0.244. The van der Waals surface area contributed by atoms with Crippen molar-refractivity contribution >= 4 is 0 Å². The molecule has 0 fully saturated rings. The van der Waals surface area contributed by atoms with E-state index in [-0.39, 0.29) is 0 Å². The molecule has 0 aliphatic rings. The SMILES string of the molecule is CCC(C)COc1ccc(CNC)cc1OC. The molecule has 0 aliphatic carbocycles. The van der Waals surface area contributed by atoms with E-state index in [9.17, 15) is 0 Å². The first-order valence-corrected chi connectivity index (χ1v) is 6.15. The van der Waals surface area contributed by atoms with Crippen molar-refractivity contribution < 1.29 is 9.47 Å². The molecule has 0 aliphatic heterocycles. The maximum Gasteiger partial charge on any atom is 0.161 e. The Kier molecular flexibility index (Phi) is 5.84. The van der Waals surface area contributed by atoms with Crippen molar-refractivity contribution in [3.63, 3.8) is 0 Å². The van der Waals surface area contributed by atoms with Crippen LogP contribution in [0.1, 0.15) is 25.8 Å². The van der Waals surface area contributed by atoms with Crippen molar-refractivity contribution in [2.45, 2.75) is 26.8 Å². The summed E-state index contributed by atoms with van der Waals surface area (Å²) < 4.78 is 11.1. The molecule has 96 valence electrons. The first-order valence-electron chi connectivity index (χ1n) is 6.15. The summed E-state index contributed by atoms with van der Waals surface area (Å²) in [4.78, 5) is 0. The molecule has 0 heterocycles. The fourth-order valence-electron chi connectivity index (χ4n) is 1.50. The molecule has 1 atom stereocenters. The molecule has 0 amide bonds. The number of hydrogen-bond donors (Lipinski definition) is 1. The van der Waals surface area contributed by atoms with Crippen molar-refractivity contribution in [2.24, 2.45) is 5.92 Å². The molecule has 0 aromatic heterocycles. The topological polar surface area (TPSA) is 30.5 Å². The van der Waals surface area contributed by atoms with Gasteiger partial charge in [-0.25, -0.2) is 0 Å². The van der Waals surface area contributed by atoms with Gasteiger partial charge < -0.3 is 14.8 Å². The Balaban J connectivity index is 2.71. The van der Waals surface area contributed by atoms with Gasteiger partial charge in [-0.15, -0.1) is 0 Å². The minimum Gasteiger partial charge on any atom is -0.493 e. The molecule has 1 unspecified atom stereocenters. The van der Waals surface area contributed by atoms with E-state index >= 15 is 0 Å². The first-order chi connectivity index (χ1) is 8.21. The van der Waals surface area contributed by atoms with Crippen molar-refractivity contribution in [1.29, 1.82) is 0 Å². The second-order valence-corrected chi connectivity index (χ2v) is 4.34. The maximum absolute atomic E-state index is 5.77. The van der Waals surface area contributed by atoms with Gasteiger partial charge in [0.25, 0.3) is 0 Å². The van der Waals surface area contributed by atoms with Crippen molar-refractivity contribution in [3.8, 4) is 11.5 Å². The van der Waals surface area contributed by atoms with Crippen LogP contribution in [0.5, 0.6) is 11.5 Å². The van der Waals surface area contributed by atoms with E-state index < -0.39 is 0 Å². The Morgan fingerprint density at radius 2 is 2.06 bits per heavy atom. The summed E-state index contributed by atoms with van der Waals surface area (Å²) in [5.41, 5.74) is 1.19. The highest BCUT2D eigenvalue weighted by molar-refractivity contribution is 5.42. The molecule has 0 spiro atoms. The van der Waals surface area contributed by atoms with Gasteiger partial charge in [-0.1, -0.05) is 26.3 Å². The fourth-order valence-corrected chi connectivity index (χ4v) is 1.50. The average molecular weight is 237 g/mol. The van der Waals surface area contributed by atoms with Gasteiger partial charge in [-0.05, 0) is 30.7 Å². The summed E-state index contributed by atoms with van der Waals surface area (Å²) in [7, 11) is 3.61. The molecule has 1 rings (SSSR count). The van der Waals surface area contributed by atoms with Crippen LogP contribution in [0, 0.1) is 5.92 Å². The van der Waals surface area contributed by atoms with Gasteiger partial charge in [0, 0.05) is 6.54 Å². The molecule has 1 aromatic rings. The Morgan fingerprint density at radius 3 is 2.65 bits per heavy atom. The number of hydrogen-bond acceptors (Lipinski definition) is 3. The average Bonchev–Trinajstić information content (AvgIpc) is 2.36. The summed E-state index contributed by atoms with van der Waals surface area (Å²) in [5.74, 6) is 2.20. The van der Waals surface area contributed by atoms with Crippen LogP contribution in [-0.2, 0) is 6.54 Å². The molecular formula is C14H23NO2. The number of methoxy groups -OCH3 is 1. The minimum atomic E-state index is 0.566. The zero-order chi connectivity index (χ0) is 12.7. The van der Waals surface area contributed by atoms with Gasteiger partial charge in [-0.3, -0.25) is 0 Å². The van der Waals surface area contributed by atoms with Crippen LogP contribution >= 0.6 is 0 Å². The third-order valence-electron chi connectivity index (χ3n) is 2.83. The molecule has 3 nitrogen and oxygen atoms in total. The van der Waals surface area contributed by atoms with E-state index in [2.05, 4.69) is 25.2 Å². The zero-order valence-corrected chi connectivity index (χ0v) is 11.2. The van der Waals surface area contributed by atoms with E-state index in [0.29, 0.717) is 5.92 Å². The first kappa shape index (κ1) is 13.8. The summed E-state index contributed by atoms with van der Waals surface area (Å²) in [6.45, 7) is 5.92. The second-order valence-electron chi connectivity index (χ2n) is 4.34. The van der Waals surface area contributed by atoms with Crippen LogP contribution in [0.4, 0.5) is 0 Å². The summed E-state index contributed by atoms with van der Waals surface area (Å²) in [5, 5.41) is 3.12. The highest BCUT2D eigenvalue weighted by Crippen LogP contribution is 2.28. The fraction of sp³-hybridized carbons (Fsp3) is 0.571. The van der Waals surface area contributed by atoms with Gasteiger partial charge in [0.15, 0.2) is 11.5 Å². The normalized spacial score (nSPS) is 12.2. The zero-order valence-electron chi connectivity index (χ0n) is 11.2. The number of nitrogens with one attached hydrogen (secondary N) is 1. The van der Waals surface area contributed by atoms with Crippen LogP contribution in [0.3, 0.4) is 0 Å². The van der Waals surface area contributed by atoms with E-state index in [1.807, 2.05) is 19.2 Å².